The fourth-order valence-corrected chi connectivity index (χ4v) is 5.59. The maximum absolute atomic E-state index is 13.6. The van der Waals surface area contributed by atoms with E-state index in [0.717, 1.165) is 24.2 Å². The number of aryl methyl sites for hydroxylation is 2. The minimum Gasteiger partial charge on any atom is -0.507 e. The Balaban J connectivity index is 1.85. The van der Waals surface area contributed by atoms with Crippen LogP contribution in [0.5, 0.6) is 11.5 Å². The lowest BCUT2D eigenvalue weighted by Gasteiger charge is -2.23. The molecule has 1 saturated heterocycles. The molecule has 1 atom stereocenters. The van der Waals surface area contributed by atoms with Gasteiger partial charge in [-0.1, -0.05) is 36.8 Å². The molecule has 1 unspecified atom stereocenters. The van der Waals surface area contributed by atoms with Crippen molar-refractivity contribution in [3.63, 3.8) is 0 Å². The predicted molar refractivity (Wildman–Crippen MR) is 157 cm³/mol. The predicted octanol–water partition coefficient (Wildman–Crippen LogP) is 6.14. The van der Waals surface area contributed by atoms with Gasteiger partial charge in [-0.2, -0.15) is 0 Å². The van der Waals surface area contributed by atoms with Gasteiger partial charge in [0.25, 0.3) is 5.78 Å². The van der Waals surface area contributed by atoms with Crippen molar-refractivity contribution in [2.75, 3.05) is 24.7 Å². The molecule has 216 valence electrons. The number of ketones is 1. The van der Waals surface area contributed by atoms with Crippen molar-refractivity contribution in [2.24, 2.45) is 0 Å². The molecule has 1 aliphatic heterocycles. The van der Waals surface area contributed by atoms with Gasteiger partial charge < -0.3 is 19.3 Å². The number of hydrogen-bond donors (Lipinski definition) is 1. The standard InChI is InChI=1S/C31H34N2O7S/c1-6-9-16-40-21-12-10-20(11-13-21)25-24(26(34)23-15-14-22(38-7-2)17-18(23)4)27(35)29(36)33(25)31-32-19(5)28(41-31)30(37)39-8-3/h10-15,17,25,34H,6-9,16H2,1-5H3/b26-24+. The van der Waals surface area contributed by atoms with Crippen molar-refractivity contribution in [1.29, 1.82) is 0 Å². The first kappa shape index (κ1) is 29.8. The van der Waals surface area contributed by atoms with Crippen LogP contribution in [-0.4, -0.2) is 47.6 Å². The van der Waals surface area contributed by atoms with Crippen LogP contribution in [-0.2, 0) is 14.3 Å². The first-order chi connectivity index (χ1) is 19.7. The summed E-state index contributed by atoms with van der Waals surface area (Å²) in [5, 5.41) is 11.7. The maximum Gasteiger partial charge on any atom is 0.350 e. The number of carbonyl (C=O) groups is 3. The van der Waals surface area contributed by atoms with E-state index in [9.17, 15) is 19.5 Å². The van der Waals surface area contributed by atoms with E-state index in [1.54, 1.807) is 63.2 Å². The molecule has 9 nitrogen and oxygen atoms in total. The highest BCUT2D eigenvalue weighted by molar-refractivity contribution is 7.17. The number of aliphatic hydroxyl groups is 1. The van der Waals surface area contributed by atoms with Crippen LogP contribution in [0.1, 0.15) is 71.7 Å². The molecule has 1 aromatic heterocycles. The number of benzene rings is 2. The Bertz CT molecular complexity index is 1480. The first-order valence-corrected chi connectivity index (χ1v) is 14.4. The smallest absolute Gasteiger partial charge is 0.350 e. The normalized spacial score (nSPS) is 16.2. The SMILES string of the molecule is CCCCOc1ccc(C2/C(=C(\O)c3ccc(OCC)cc3C)C(=O)C(=O)N2c2nc(C)c(C(=O)OCC)s2)cc1. The van der Waals surface area contributed by atoms with Gasteiger partial charge in [-0.05, 0) is 75.6 Å². The van der Waals surface area contributed by atoms with Gasteiger partial charge in [-0.3, -0.25) is 14.5 Å². The van der Waals surface area contributed by atoms with Gasteiger partial charge in [-0.15, -0.1) is 0 Å². The third-order valence-electron chi connectivity index (χ3n) is 6.62. The Kier molecular flexibility index (Phi) is 9.44. The molecule has 0 saturated carbocycles. The zero-order valence-corrected chi connectivity index (χ0v) is 24.7. The van der Waals surface area contributed by atoms with Crippen molar-refractivity contribution < 1.29 is 33.7 Å². The van der Waals surface area contributed by atoms with E-state index in [0.29, 0.717) is 47.1 Å². The third-order valence-corrected chi connectivity index (χ3v) is 7.76. The zero-order chi connectivity index (χ0) is 29.7. The molecule has 0 spiro atoms. The highest BCUT2D eigenvalue weighted by atomic mass is 32.1. The molecule has 0 bridgehead atoms. The Morgan fingerprint density at radius 1 is 1.00 bits per heavy atom. The van der Waals surface area contributed by atoms with Crippen molar-refractivity contribution in [2.45, 2.75) is 53.5 Å². The number of esters is 1. The molecule has 2 aromatic carbocycles. The summed E-state index contributed by atoms with van der Waals surface area (Å²) in [7, 11) is 0. The van der Waals surface area contributed by atoms with Crippen molar-refractivity contribution in [3.8, 4) is 11.5 Å². The highest BCUT2D eigenvalue weighted by Crippen LogP contribution is 2.44. The Labute approximate surface area is 243 Å². The summed E-state index contributed by atoms with van der Waals surface area (Å²) in [6, 6.07) is 11.2. The molecule has 0 radical (unpaired) electrons. The number of amides is 1. The van der Waals surface area contributed by atoms with Gasteiger partial charge in [0.15, 0.2) is 5.13 Å². The fourth-order valence-electron chi connectivity index (χ4n) is 4.60. The van der Waals surface area contributed by atoms with Gasteiger partial charge in [-0.25, -0.2) is 9.78 Å². The lowest BCUT2D eigenvalue weighted by Crippen LogP contribution is -2.29. The summed E-state index contributed by atoms with van der Waals surface area (Å²) < 4.78 is 16.5. The largest absolute Gasteiger partial charge is 0.507 e. The minimum absolute atomic E-state index is 0.0764. The van der Waals surface area contributed by atoms with Gasteiger partial charge in [0.2, 0.25) is 0 Å². The number of nitrogens with zero attached hydrogens (tertiary/aromatic N) is 2. The number of unbranched alkanes of at least 4 members (excludes halogenated alkanes) is 1. The number of anilines is 1. The zero-order valence-electron chi connectivity index (χ0n) is 23.9. The second-order valence-electron chi connectivity index (χ2n) is 9.48. The number of hydrogen-bond acceptors (Lipinski definition) is 9. The summed E-state index contributed by atoms with van der Waals surface area (Å²) in [5.41, 5.74) is 1.95. The second kappa shape index (κ2) is 13.0. The van der Waals surface area contributed by atoms with Crippen LogP contribution in [0.15, 0.2) is 48.0 Å². The summed E-state index contributed by atoms with van der Waals surface area (Å²) >= 11 is 0.968. The molecule has 0 aliphatic carbocycles. The second-order valence-corrected chi connectivity index (χ2v) is 10.5. The molecule has 1 fully saturated rings. The Morgan fingerprint density at radius 2 is 1.71 bits per heavy atom. The quantitative estimate of drug-likeness (QED) is 0.0949. The van der Waals surface area contributed by atoms with Crippen LogP contribution in [0.3, 0.4) is 0 Å². The van der Waals surface area contributed by atoms with Crippen LogP contribution in [0, 0.1) is 13.8 Å². The van der Waals surface area contributed by atoms with Crippen LogP contribution in [0.4, 0.5) is 5.13 Å². The highest BCUT2D eigenvalue weighted by Gasteiger charge is 2.48. The van der Waals surface area contributed by atoms with E-state index < -0.39 is 23.7 Å². The molecule has 10 heteroatoms. The molecular formula is C31H34N2O7S. The van der Waals surface area contributed by atoms with Crippen molar-refractivity contribution in [1.82, 2.24) is 4.98 Å². The number of ether oxygens (including phenoxy) is 3. The molecule has 41 heavy (non-hydrogen) atoms. The number of carbonyl (C=O) groups excluding carboxylic acids is 3. The Morgan fingerprint density at radius 3 is 2.34 bits per heavy atom. The fraction of sp³-hybridized carbons (Fsp3) is 0.355. The molecule has 1 amide bonds. The molecule has 1 N–H and O–H groups in total. The lowest BCUT2D eigenvalue weighted by molar-refractivity contribution is -0.132. The van der Waals surface area contributed by atoms with Crippen molar-refractivity contribution >= 4 is 39.9 Å². The Hall–Kier alpha value is -4.18. The van der Waals surface area contributed by atoms with Crippen LogP contribution in [0.2, 0.25) is 0 Å². The first-order valence-electron chi connectivity index (χ1n) is 13.6. The van der Waals surface area contributed by atoms with Gasteiger partial charge in [0, 0.05) is 5.56 Å². The monoisotopic (exact) mass is 578 g/mol. The van der Waals surface area contributed by atoms with Gasteiger partial charge in [0.1, 0.15) is 22.1 Å². The molecule has 3 aromatic rings. The van der Waals surface area contributed by atoms with Crippen LogP contribution >= 0.6 is 11.3 Å². The average molecular weight is 579 g/mol. The number of aromatic nitrogens is 1. The summed E-state index contributed by atoms with van der Waals surface area (Å²) in [6.45, 7) is 10.3. The minimum atomic E-state index is -0.994. The number of Topliss-reactive ketones (excluding diaryl/α,β-unsaturated/α-hetero) is 1. The van der Waals surface area contributed by atoms with Gasteiger partial charge >= 0.3 is 11.9 Å². The van der Waals surface area contributed by atoms with Crippen molar-refractivity contribution in [3.05, 3.63) is 75.3 Å². The average Bonchev–Trinajstić information content (AvgIpc) is 3.46. The topological polar surface area (TPSA) is 115 Å². The molecule has 4 rings (SSSR count). The number of thiazole rings is 1. The number of rotatable bonds is 11. The van der Waals surface area contributed by atoms with E-state index in [-0.39, 0.29) is 27.9 Å². The number of aliphatic hydroxyl groups excluding tert-OH is 1. The molecule has 1 aliphatic rings. The van der Waals surface area contributed by atoms with E-state index in [1.165, 1.54) is 4.90 Å². The summed E-state index contributed by atoms with van der Waals surface area (Å²) in [6.07, 6.45) is 1.91. The maximum atomic E-state index is 13.6. The summed E-state index contributed by atoms with van der Waals surface area (Å²) in [4.78, 5) is 45.6. The van der Waals surface area contributed by atoms with E-state index in [1.807, 2.05) is 6.92 Å². The third kappa shape index (κ3) is 6.12. The van der Waals surface area contributed by atoms with Gasteiger partial charge in [0.05, 0.1) is 37.1 Å². The summed E-state index contributed by atoms with van der Waals surface area (Å²) in [5.74, 6) is -1.29. The van der Waals surface area contributed by atoms with E-state index >= 15 is 0 Å². The lowest BCUT2D eigenvalue weighted by atomic mass is 9.94. The van der Waals surface area contributed by atoms with E-state index in [2.05, 4.69) is 11.9 Å². The van der Waals surface area contributed by atoms with E-state index in [4.69, 9.17) is 14.2 Å². The molecular weight excluding hydrogens is 544 g/mol. The molecule has 2 heterocycles. The van der Waals surface area contributed by atoms with Crippen LogP contribution < -0.4 is 14.4 Å². The van der Waals surface area contributed by atoms with Crippen LogP contribution in [0.25, 0.3) is 5.76 Å².